The smallest absolute Gasteiger partial charge is 0.256 e. The van der Waals surface area contributed by atoms with E-state index in [9.17, 15) is 9.18 Å². The lowest BCUT2D eigenvalue weighted by Gasteiger charge is -2.11. The van der Waals surface area contributed by atoms with Crippen molar-refractivity contribution < 1.29 is 9.18 Å². The highest BCUT2D eigenvalue weighted by molar-refractivity contribution is 6.03. The Morgan fingerprint density at radius 3 is 2.74 bits per heavy atom. The van der Waals surface area contributed by atoms with Gasteiger partial charge in [0.15, 0.2) is 0 Å². The molecule has 0 aliphatic rings. The molecule has 0 spiro atoms. The number of pyridine rings is 1. The summed E-state index contributed by atoms with van der Waals surface area (Å²) in [7, 11) is 4.08. The summed E-state index contributed by atoms with van der Waals surface area (Å²) in [6.45, 7) is 1.87. The lowest BCUT2D eigenvalue weighted by atomic mass is 10.2. The predicted molar refractivity (Wildman–Crippen MR) is 90.3 cm³/mol. The number of hydrogen-bond donors (Lipinski definition) is 2. The molecule has 1 amide bonds. The highest BCUT2D eigenvalue weighted by Crippen LogP contribution is 2.11. The van der Waals surface area contributed by atoms with Crippen LogP contribution in [0.2, 0.25) is 0 Å². The second-order valence-corrected chi connectivity index (χ2v) is 5.48. The quantitative estimate of drug-likeness (QED) is 0.771. The highest BCUT2D eigenvalue weighted by atomic mass is 19.1. The van der Waals surface area contributed by atoms with E-state index in [1.807, 2.05) is 20.2 Å². The average molecular weight is 316 g/mol. The number of benzene rings is 1. The molecule has 1 aromatic heterocycles. The van der Waals surface area contributed by atoms with Crippen molar-refractivity contribution in [3.63, 3.8) is 0 Å². The number of nitrogens with zero attached hydrogens (tertiary/aromatic N) is 2. The normalized spacial score (nSPS) is 10.6. The highest BCUT2D eigenvalue weighted by Gasteiger charge is 2.07. The molecule has 1 heterocycles. The molecule has 2 N–H and O–H groups in total. The van der Waals surface area contributed by atoms with Crippen LogP contribution < -0.4 is 10.6 Å². The molecule has 0 saturated carbocycles. The Morgan fingerprint density at radius 2 is 2.09 bits per heavy atom. The Hall–Kier alpha value is -2.47. The van der Waals surface area contributed by atoms with Crippen LogP contribution >= 0.6 is 0 Å². The summed E-state index contributed by atoms with van der Waals surface area (Å²) in [5.41, 5.74) is 1.16. The van der Waals surface area contributed by atoms with E-state index >= 15 is 0 Å². The molecular formula is C17H21FN4O. The first kappa shape index (κ1) is 16.9. The Kier molecular flexibility index (Phi) is 6.05. The molecule has 122 valence electrons. The van der Waals surface area contributed by atoms with E-state index in [0.29, 0.717) is 5.82 Å². The molecule has 0 unspecified atom stereocenters. The maximum Gasteiger partial charge on any atom is 0.256 e. The molecule has 5 nitrogen and oxygen atoms in total. The van der Waals surface area contributed by atoms with Gasteiger partial charge in [-0.05, 0) is 57.4 Å². The number of anilines is 2. The molecule has 0 aliphatic heterocycles. The zero-order chi connectivity index (χ0) is 16.7. The third-order valence-corrected chi connectivity index (χ3v) is 3.20. The van der Waals surface area contributed by atoms with E-state index in [1.54, 1.807) is 18.3 Å². The molecule has 6 heteroatoms. The van der Waals surface area contributed by atoms with E-state index in [1.165, 1.54) is 18.2 Å². The Bertz CT molecular complexity index is 643. The van der Waals surface area contributed by atoms with Gasteiger partial charge in [-0.15, -0.1) is 0 Å². The van der Waals surface area contributed by atoms with E-state index in [-0.39, 0.29) is 11.5 Å². The van der Waals surface area contributed by atoms with Crippen molar-refractivity contribution in [1.82, 2.24) is 9.88 Å². The van der Waals surface area contributed by atoms with E-state index in [4.69, 9.17) is 0 Å². The maximum absolute atomic E-state index is 13.1. The third kappa shape index (κ3) is 5.67. The van der Waals surface area contributed by atoms with Crippen molar-refractivity contribution in [2.75, 3.05) is 37.8 Å². The fourth-order valence-electron chi connectivity index (χ4n) is 2.02. The molecule has 0 aliphatic carbocycles. The number of halogens is 1. The minimum Gasteiger partial charge on any atom is -0.384 e. The van der Waals surface area contributed by atoms with E-state index < -0.39 is 5.82 Å². The zero-order valence-corrected chi connectivity index (χ0v) is 13.3. The van der Waals surface area contributed by atoms with Crippen LogP contribution in [0.15, 0.2) is 42.6 Å². The molecule has 1 aromatic carbocycles. The lowest BCUT2D eigenvalue weighted by Crippen LogP contribution is -2.16. The van der Waals surface area contributed by atoms with Crippen LogP contribution in [0.1, 0.15) is 16.8 Å². The average Bonchev–Trinajstić information content (AvgIpc) is 2.53. The van der Waals surface area contributed by atoms with Gasteiger partial charge < -0.3 is 15.5 Å². The van der Waals surface area contributed by atoms with Gasteiger partial charge in [0.2, 0.25) is 0 Å². The fourth-order valence-corrected chi connectivity index (χ4v) is 2.02. The van der Waals surface area contributed by atoms with Crippen LogP contribution in [0.25, 0.3) is 0 Å². The van der Waals surface area contributed by atoms with E-state index in [2.05, 4.69) is 20.5 Å². The van der Waals surface area contributed by atoms with Crippen LogP contribution in [0.4, 0.5) is 15.9 Å². The first-order chi connectivity index (χ1) is 11.0. The van der Waals surface area contributed by atoms with Gasteiger partial charge in [0, 0.05) is 12.1 Å². The van der Waals surface area contributed by atoms with Crippen LogP contribution in [0.3, 0.4) is 0 Å². The first-order valence-electron chi connectivity index (χ1n) is 7.46. The van der Waals surface area contributed by atoms with Crippen molar-refractivity contribution >= 4 is 17.4 Å². The van der Waals surface area contributed by atoms with Crippen molar-refractivity contribution in [2.24, 2.45) is 0 Å². The third-order valence-electron chi connectivity index (χ3n) is 3.20. The van der Waals surface area contributed by atoms with Gasteiger partial charge in [-0.25, -0.2) is 9.37 Å². The summed E-state index contributed by atoms with van der Waals surface area (Å²) in [4.78, 5) is 18.3. The molecular weight excluding hydrogens is 295 g/mol. The van der Waals surface area contributed by atoms with Crippen LogP contribution in [-0.2, 0) is 0 Å². The van der Waals surface area contributed by atoms with Gasteiger partial charge >= 0.3 is 0 Å². The largest absolute Gasteiger partial charge is 0.384 e. The molecule has 0 radical (unpaired) electrons. The van der Waals surface area contributed by atoms with Gasteiger partial charge in [-0.1, -0.05) is 6.07 Å². The SMILES string of the molecule is CN(C)CCCNc1ccc(NC(=O)c2cccc(F)c2)nc1. The number of aromatic nitrogens is 1. The summed E-state index contributed by atoms with van der Waals surface area (Å²) in [5.74, 6) is -0.398. The van der Waals surface area contributed by atoms with Gasteiger partial charge in [0.25, 0.3) is 5.91 Å². The second-order valence-electron chi connectivity index (χ2n) is 5.48. The fraction of sp³-hybridized carbons (Fsp3) is 0.294. The first-order valence-corrected chi connectivity index (χ1v) is 7.46. The summed E-state index contributed by atoms with van der Waals surface area (Å²) in [6, 6.07) is 9.11. The number of hydrogen-bond acceptors (Lipinski definition) is 4. The maximum atomic E-state index is 13.1. The molecule has 2 rings (SSSR count). The van der Waals surface area contributed by atoms with Gasteiger partial charge in [-0.2, -0.15) is 0 Å². The summed E-state index contributed by atoms with van der Waals surface area (Å²) < 4.78 is 13.1. The standard InChI is InChI=1S/C17H21FN4O/c1-22(2)10-4-9-19-15-7-8-16(20-12-15)21-17(23)13-5-3-6-14(18)11-13/h3,5-8,11-12,19H,4,9-10H2,1-2H3,(H,20,21,23). The van der Waals surface area contributed by atoms with E-state index in [0.717, 1.165) is 25.2 Å². The number of carbonyl (C=O) groups excluding carboxylic acids is 1. The second kappa shape index (κ2) is 8.24. The van der Waals surface area contributed by atoms with Crippen molar-refractivity contribution in [1.29, 1.82) is 0 Å². The number of amides is 1. The molecule has 0 bridgehead atoms. The predicted octanol–water partition coefficient (Wildman–Crippen LogP) is 2.84. The monoisotopic (exact) mass is 316 g/mol. The molecule has 2 aromatic rings. The Labute approximate surface area is 135 Å². The number of carbonyl (C=O) groups is 1. The van der Waals surface area contributed by atoms with Crippen LogP contribution in [0, 0.1) is 5.82 Å². The molecule has 0 fully saturated rings. The van der Waals surface area contributed by atoms with Crippen LogP contribution in [-0.4, -0.2) is 43.0 Å². The van der Waals surface area contributed by atoms with Gasteiger partial charge in [-0.3, -0.25) is 4.79 Å². The van der Waals surface area contributed by atoms with Crippen molar-refractivity contribution in [3.8, 4) is 0 Å². The topological polar surface area (TPSA) is 57.3 Å². The Balaban J connectivity index is 1.86. The Morgan fingerprint density at radius 1 is 1.26 bits per heavy atom. The van der Waals surface area contributed by atoms with Crippen LogP contribution in [0.5, 0.6) is 0 Å². The lowest BCUT2D eigenvalue weighted by molar-refractivity contribution is 0.102. The zero-order valence-electron chi connectivity index (χ0n) is 13.3. The minimum atomic E-state index is -0.442. The minimum absolute atomic E-state index is 0.262. The number of rotatable bonds is 7. The van der Waals surface area contributed by atoms with Gasteiger partial charge in [0.05, 0.1) is 11.9 Å². The number of nitrogens with one attached hydrogen (secondary N) is 2. The summed E-state index contributed by atoms with van der Waals surface area (Å²) in [5, 5.41) is 5.91. The van der Waals surface area contributed by atoms with Crippen molar-refractivity contribution in [2.45, 2.75) is 6.42 Å². The molecule has 0 atom stereocenters. The van der Waals surface area contributed by atoms with Crippen molar-refractivity contribution in [3.05, 3.63) is 54.0 Å². The summed E-state index contributed by atoms with van der Waals surface area (Å²) >= 11 is 0. The van der Waals surface area contributed by atoms with Gasteiger partial charge in [0.1, 0.15) is 11.6 Å². The summed E-state index contributed by atoms with van der Waals surface area (Å²) in [6.07, 6.45) is 2.70. The molecule has 23 heavy (non-hydrogen) atoms. The molecule has 0 saturated heterocycles.